The lowest BCUT2D eigenvalue weighted by atomic mass is 10.1. The Balaban J connectivity index is 2.12. The highest BCUT2D eigenvalue weighted by Crippen LogP contribution is 2.17. The van der Waals surface area contributed by atoms with Crippen molar-refractivity contribution in [2.24, 2.45) is 0 Å². The zero-order chi connectivity index (χ0) is 19.6. The molecule has 1 fully saturated rings. The van der Waals surface area contributed by atoms with Crippen LogP contribution in [-0.4, -0.2) is 84.6 Å². The molecule has 2 heterocycles. The number of rotatable bonds is 10. The minimum absolute atomic E-state index is 0.120. The molecule has 9 nitrogen and oxygen atoms in total. The van der Waals surface area contributed by atoms with E-state index in [0.29, 0.717) is 31.4 Å². The summed E-state index contributed by atoms with van der Waals surface area (Å²) in [7, 11) is 0. The highest BCUT2D eigenvalue weighted by Gasteiger charge is 2.41. The van der Waals surface area contributed by atoms with Crippen molar-refractivity contribution in [2.45, 2.75) is 69.4 Å². The van der Waals surface area contributed by atoms with Crippen LogP contribution < -0.4 is 5.32 Å². The molecule has 0 bridgehead atoms. The van der Waals surface area contributed by atoms with Crippen LogP contribution >= 0.6 is 0 Å². The molecule has 0 saturated carbocycles. The standard InChI is InChI=1S/C18H30N4O5/c23-9-5-2-1-3-8-16-13(7-4-6-10-24)20-21-22(16)11-14-17(26)18(27)15(12-25)19-14/h14-15,17-19,23-27H,1-2,4-7,9-12H2/t14-,15-,17-,18-/m1/s1. The Labute approximate surface area is 159 Å². The maximum absolute atomic E-state index is 10.2. The molecular formula is C18H30N4O5. The number of aryl methyl sites for hydroxylation is 1. The molecule has 1 aliphatic rings. The third-order valence-corrected chi connectivity index (χ3v) is 4.71. The van der Waals surface area contributed by atoms with Crippen LogP contribution in [0.25, 0.3) is 0 Å². The monoisotopic (exact) mass is 382 g/mol. The SMILES string of the molecule is OCCCCC#Cc1c(CCCCO)nnn1C[C@H]1N[C@H](CO)[C@@H](O)[C@@H]1O. The summed E-state index contributed by atoms with van der Waals surface area (Å²) in [6.45, 7) is 0.264. The van der Waals surface area contributed by atoms with E-state index in [0.717, 1.165) is 18.5 Å². The third kappa shape index (κ3) is 5.97. The second-order valence-corrected chi connectivity index (χ2v) is 6.77. The second-order valence-electron chi connectivity index (χ2n) is 6.77. The van der Waals surface area contributed by atoms with Gasteiger partial charge in [0.2, 0.25) is 0 Å². The van der Waals surface area contributed by atoms with E-state index in [-0.39, 0.29) is 26.4 Å². The van der Waals surface area contributed by atoms with Gasteiger partial charge in [-0.2, -0.15) is 0 Å². The van der Waals surface area contributed by atoms with Gasteiger partial charge in [0, 0.05) is 19.6 Å². The summed E-state index contributed by atoms with van der Waals surface area (Å²) >= 11 is 0. The van der Waals surface area contributed by atoms with E-state index in [1.165, 1.54) is 0 Å². The van der Waals surface area contributed by atoms with Crippen molar-refractivity contribution in [1.29, 1.82) is 0 Å². The Hall–Kier alpha value is -1.54. The van der Waals surface area contributed by atoms with Crippen LogP contribution in [0.3, 0.4) is 0 Å². The van der Waals surface area contributed by atoms with Crippen LogP contribution in [0.15, 0.2) is 0 Å². The Morgan fingerprint density at radius 1 is 0.963 bits per heavy atom. The predicted octanol–water partition coefficient (Wildman–Crippen LogP) is -1.84. The average Bonchev–Trinajstić information content (AvgIpc) is 3.17. The smallest absolute Gasteiger partial charge is 0.134 e. The molecule has 152 valence electrons. The molecule has 9 heteroatoms. The molecule has 0 spiro atoms. The molecule has 0 radical (unpaired) electrons. The largest absolute Gasteiger partial charge is 0.396 e. The van der Waals surface area contributed by atoms with E-state index in [2.05, 4.69) is 27.5 Å². The molecule has 1 aromatic heterocycles. The normalized spacial score (nSPS) is 24.8. The van der Waals surface area contributed by atoms with Crippen LogP contribution in [-0.2, 0) is 13.0 Å². The Morgan fingerprint density at radius 3 is 2.33 bits per heavy atom. The van der Waals surface area contributed by atoms with Gasteiger partial charge in [-0.3, -0.25) is 0 Å². The zero-order valence-electron chi connectivity index (χ0n) is 15.5. The minimum atomic E-state index is -1.04. The maximum atomic E-state index is 10.2. The number of unbranched alkanes of at least 4 members (excludes halogenated alkanes) is 3. The first-order chi connectivity index (χ1) is 13.1. The van der Waals surface area contributed by atoms with Gasteiger partial charge in [0.05, 0.1) is 43.1 Å². The molecule has 27 heavy (non-hydrogen) atoms. The van der Waals surface area contributed by atoms with Crippen molar-refractivity contribution in [2.75, 3.05) is 19.8 Å². The van der Waals surface area contributed by atoms with Gasteiger partial charge in [0.25, 0.3) is 0 Å². The number of hydrogen-bond donors (Lipinski definition) is 6. The number of hydrogen-bond acceptors (Lipinski definition) is 8. The average molecular weight is 382 g/mol. The number of nitrogens with zero attached hydrogens (tertiary/aromatic N) is 3. The van der Waals surface area contributed by atoms with Crippen molar-refractivity contribution in [3.63, 3.8) is 0 Å². The van der Waals surface area contributed by atoms with Crippen LogP contribution in [0.1, 0.15) is 43.5 Å². The van der Waals surface area contributed by atoms with Gasteiger partial charge in [-0.15, -0.1) is 5.10 Å². The molecule has 0 aromatic carbocycles. The van der Waals surface area contributed by atoms with Gasteiger partial charge in [-0.05, 0) is 38.0 Å². The van der Waals surface area contributed by atoms with Crippen molar-refractivity contribution in [3.05, 3.63) is 11.4 Å². The number of nitrogens with one attached hydrogen (secondary N) is 1. The fourth-order valence-corrected chi connectivity index (χ4v) is 3.11. The summed E-state index contributed by atoms with van der Waals surface area (Å²) in [4.78, 5) is 0. The molecular weight excluding hydrogens is 352 g/mol. The van der Waals surface area contributed by atoms with Crippen molar-refractivity contribution in [3.8, 4) is 11.8 Å². The minimum Gasteiger partial charge on any atom is -0.396 e. The molecule has 4 atom stereocenters. The van der Waals surface area contributed by atoms with Crippen LogP contribution in [0.4, 0.5) is 0 Å². The van der Waals surface area contributed by atoms with Gasteiger partial charge in [0.15, 0.2) is 0 Å². The fourth-order valence-electron chi connectivity index (χ4n) is 3.11. The predicted molar refractivity (Wildman–Crippen MR) is 97.7 cm³/mol. The van der Waals surface area contributed by atoms with Gasteiger partial charge >= 0.3 is 0 Å². The van der Waals surface area contributed by atoms with Crippen molar-refractivity contribution in [1.82, 2.24) is 20.3 Å². The van der Waals surface area contributed by atoms with Crippen LogP contribution in [0.2, 0.25) is 0 Å². The summed E-state index contributed by atoms with van der Waals surface area (Å²) < 4.78 is 1.61. The van der Waals surface area contributed by atoms with E-state index >= 15 is 0 Å². The second kappa shape index (κ2) is 11.3. The quantitative estimate of drug-likeness (QED) is 0.205. The van der Waals surface area contributed by atoms with Crippen LogP contribution in [0.5, 0.6) is 0 Å². The van der Waals surface area contributed by atoms with E-state index in [4.69, 9.17) is 10.2 Å². The van der Waals surface area contributed by atoms with Crippen molar-refractivity contribution < 1.29 is 25.5 Å². The van der Waals surface area contributed by atoms with E-state index in [9.17, 15) is 15.3 Å². The molecule has 2 rings (SSSR count). The molecule has 1 aromatic rings. The maximum Gasteiger partial charge on any atom is 0.134 e. The summed E-state index contributed by atoms with van der Waals surface area (Å²) in [6, 6.07) is -1.05. The first-order valence-corrected chi connectivity index (χ1v) is 9.48. The third-order valence-electron chi connectivity index (χ3n) is 4.71. The Kier molecular flexibility index (Phi) is 9.14. The summed E-state index contributed by atoms with van der Waals surface area (Å²) in [5.74, 6) is 6.17. The summed E-state index contributed by atoms with van der Waals surface area (Å²) in [6.07, 6.45) is 2.18. The lowest BCUT2D eigenvalue weighted by molar-refractivity contribution is 0.0175. The van der Waals surface area contributed by atoms with Crippen molar-refractivity contribution >= 4 is 0 Å². The summed E-state index contributed by atoms with van der Waals surface area (Å²) in [5, 5.41) is 58.6. The van der Waals surface area contributed by atoms with E-state index < -0.39 is 24.3 Å². The van der Waals surface area contributed by atoms with Gasteiger partial charge < -0.3 is 30.8 Å². The van der Waals surface area contributed by atoms with Gasteiger partial charge in [0.1, 0.15) is 5.69 Å². The first kappa shape index (κ1) is 21.8. The Morgan fingerprint density at radius 2 is 1.67 bits per heavy atom. The topological polar surface area (TPSA) is 144 Å². The Bertz CT molecular complexity index is 627. The van der Waals surface area contributed by atoms with Gasteiger partial charge in [-0.1, -0.05) is 11.1 Å². The van der Waals surface area contributed by atoms with E-state index in [1.807, 2.05) is 0 Å². The molecule has 0 unspecified atom stereocenters. The number of aliphatic hydroxyl groups is 5. The first-order valence-electron chi connectivity index (χ1n) is 9.48. The fraction of sp³-hybridized carbons (Fsp3) is 0.778. The highest BCUT2D eigenvalue weighted by atomic mass is 16.3. The summed E-state index contributed by atoms with van der Waals surface area (Å²) in [5.41, 5.74) is 1.40. The molecule has 0 amide bonds. The van der Waals surface area contributed by atoms with Gasteiger partial charge in [-0.25, -0.2) is 4.68 Å². The molecule has 1 saturated heterocycles. The molecule has 0 aliphatic carbocycles. The van der Waals surface area contributed by atoms with E-state index in [1.54, 1.807) is 4.68 Å². The zero-order valence-corrected chi connectivity index (χ0v) is 15.5. The lowest BCUT2D eigenvalue weighted by Gasteiger charge is -2.16. The number of aliphatic hydroxyl groups excluding tert-OH is 5. The molecule has 6 N–H and O–H groups in total. The lowest BCUT2D eigenvalue weighted by Crippen LogP contribution is -2.38. The highest BCUT2D eigenvalue weighted by molar-refractivity contribution is 5.32. The molecule has 1 aliphatic heterocycles. The van der Waals surface area contributed by atoms with Crippen LogP contribution in [0, 0.1) is 11.8 Å². The number of aromatic nitrogens is 3.